The van der Waals surface area contributed by atoms with Gasteiger partial charge in [0.1, 0.15) is 0 Å². The van der Waals surface area contributed by atoms with Crippen molar-refractivity contribution < 1.29 is 59.4 Å². The predicted molar refractivity (Wildman–Crippen MR) is 90.3 cm³/mol. The summed E-state index contributed by atoms with van der Waals surface area (Å²) in [4.78, 5) is 65.8. The van der Waals surface area contributed by atoms with Crippen molar-refractivity contribution >= 4 is 78.4 Å². The summed E-state index contributed by atoms with van der Waals surface area (Å²) in [7, 11) is 0.967. The molecule has 12 nitrogen and oxygen atoms in total. The van der Waals surface area contributed by atoms with E-state index in [4.69, 9.17) is 30.6 Å². The molecule has 0 saturated heterocycles. The van der Waals surface area contributed by atoms with E-state index in [1.54, 1.807) is 0 Å². The van der Waals surface area contributed by atoms with Gasteiger partial charge in [-0.15, -0.1) is 0 Å². The average Bonchev–Trinajstić information content (AvgIpc) is 2.46. The maximum atomic E-state index is 11.1. The summed E-state index contributed by atoms with van der Waals surface area (Å²) in [5, 5.41) is 47.6. The molecule has 0 aliphatic heterocycles. The molecule has 1 unspecified atom stereocenters. The van der Waals surface area contributed by atoms with Crippen LogP contribution in [0.15, 0.2) is 0 Å². The van der Waals surface area contributed by atoms with Gasteiger partial charge in [-0.25, -0.2) is 0 Å². The van der Waals surface area contributed by atoms with E-state index in [-0.39, 0.29) is 17.7 Å². The van der Waals surface area contributed by atoms with Crippen LogP contribution in [0.3, 0.4) is 0 Å². The molecule has 0 radical (unpaired) electrons. The van der Waals surface area contributed by atoms with Gasteiger partial charge in [0.15, 0.2) is 0 Å². The molecule has 0 bridgehead atoms. The zero-order valence-corrected chi connectivity index (χ0v) is 17.2. The van der Waals surface area contributed by atoms with Crippen molar-refractivity contribution in [3.05, 3.63) is 0 Å². The zero-order valence-electron chi connectivity index (χ0n) is 12.2. The fraction of sp³-hybridized carbons (Fsp3) is 0.400. The Morgan fingerprint density at radius 2 is 0.962 bits per heavy atom. The van der Waals surface area contributed by atoms with E-state index in [0.717, 1.165) is 0 Å². The zero-order chi connectivity index (χ0) is 20.6. The van der Waals surface area contributed by atoms with Crippen molar-refractivity contribution in [1.29, 1.82) is 0 Å². The second kappa shape index (κ2) is 11.4. The van der Waals surface area contributed by atoms with Crippen LogP contribution in [-0.4, -0.2) is 98.2 Å². The minimum absolute atomic E-state index is 0.269. The van der Waals surface area contributed by atoms with Crippen molar-refractivity contribution in [3.8, 4) is 0 Å². The van der Waals surface area contributed by atoms with Crippen LogP contribution in [0.25, 0.3) is 0 Å². The van der Waals surface area contributed by atoms with Crippen molar-refractivity contribution in [2.24, 2.45) is 0 Å². The Morgan fingerprint density at radius 3 is 1.19 bits per heavy atom. The molecule has 0 aromatic carbocycles. The molecule has 0 rings (SSSR count). The molecule has 0 heterocycles. The monoisotopic (exact) mass is 540 g/mol. The molecule has 0 aromatic rings. The molecule has 16 heteroatoms. The van der Waals surface area contributed by atoms with E-state index in [2.05, 4.69) is 0 Å². The van der Waals surface area contributed by atoms with E-state index in [1.807, 2.05) is 0 Å². The molecule has 0 aromatic heterocycles. The van der Waals surface area contributed by atoms with Gasteiger partial charge in [0.05, 0.1) is 0 Å². The van der Waals surface area contributed by atoms with Gasteiger partial charge in [0.25, 0.3) is 0 Å². The second-order valence-electron chi connectivity index (χ2n) is 4.08. The first-order chi connectivity index (χ1) is 11.9. The summed E-state index contributed by atoms with van der Waals surface area (Å²) in [6.07, 6.45) is -0.891. The fourth-order valence-corrected chi connectivity index (χ4v) is 27.1. The molecular weight excluding hydrogens is 530 g/mol. The van der Waals surface area contributed by atoms with E-state index >= 15 is 0 Å². The summed E-state index contributed by atoms with van der Waals surface area (Å²) in [5.41, 5.74) is 0. The van der Waals surface area contributed by atoms with Crippen molar-refractivity contribution in [3.63, 3.8) is 0 Å². The Kier molecular flexibility index (Phi) is 10.8. The third-order valence-electron chi connectivity index (χ3n) is 2.13. The van der Waals surface area contributed by atoms with Crippen molar-refractivity contribution in [1.82, 2.24) is 0 Å². The van der Waals surface area contributed by atoms with Crippen LogP contribution in [0.2, 0.25) is 0 Å². The summed E-state index contributed by atoms with van der Waals surface area (Å²) in [6, 6.07) is 0. The van der Waals surface area contributed by atoms with Crippen molar-refractivity contribution in [2.75, 3.05) is 0 Å². The third kappa shape index (κ3) is 8.87. The van der Waals surface area contributed by atoms with Gasteiger partial charge >= 0.3 is 160 Å². The van der Waals surface area contributed by atoms with Gasteiger partial charge in [-0.1, -0.05) is 0 Å². The summed E-state index contributed by atoms with van der Waals surface area (Å²) < 4.78 is 0. The summed E-state index contributed by atoms with van der Waals surface area (Å²) >= 11 is -3.69. The SMILES string of the molecule is O=C(O)CC([S][Sb]([S]C(C(=O)O)C(=O)O)[S]C(C(=O)O)C(=O)O)C(=O)O. The van der Waals surface area contributed by atoms with Crippen molar-refractivity contribution in [2.45, 2.75) is 22.2 Å². The van der Waals surface area contributed by atoms with E-state index in [0.29, 0.717) is 8.85 Å². The van der Waals surface area contributed by atoms with Crippen LogP contribution in [0, 0.1) is 0 Å². The van der Waals surface area contributed by atoms with E-state index in [9.17, 15) is 28.8 Å². The molecule has 146 valence electrons. The Labute approximate surface area is 159 Å². The standard InChI is InChI=1S/C4H6O4S.2C3H4O4S.Sb/c5-3(6)1-2(9)4(7)8;2*4-2(5)1(8)3(6)7;/h2,9H,1H2,(H,5,6)(H,7,8);2*1,8H,(H,4,5)(H,6,7);/q;;;+3/p-3. The summed E-state index contributed by atoms with van der Waals surface area (Å²) in [5.74, 6) is -10.2. The molecular formula is C10H11O12S3Sb. The first-order valence-corrected chi connectivity index (χ1v) is 17.9. The quantitative estimate of drug-likeness (QED) is 0.124. The molecule has 0 aliphatic carbocycles. The van der Waals surface area contributed by atoms with Gasteiger partial charge in [0, 0.05) is 0 Å². The first kappa shape index (κ1) is 24.7. The van der Waals surface area contributed by atoms with Gasteiger partial charge in [-0.2, -0.15) is 0 Å². The molecule has 6 N–H and O–H groups in total. The number of rotatable bonds is 13. The summed E-state index contributed by atoms with van der Waals surface area (Å²) in [6.45, 7) is 0. The van der Waals surface area contributed by atoms with Crippen LogP contribution in [0.4, 0.5) is 0 Å². The molecule has 0 fully saturated rings. The van der Waals surface area contributed by atoms with Gasteiger partial charge in [-0.3, -0.25) is 0 Å². The minimum atomic E-state index is -3.69. The molecule has 0 spiro atoms. The van der Waals surface area contributed by atoms with Crippen LogP contribution in [0.1, 0.15) is 6.42 Å². The number of carboxylic acid groups (broad SMARTS) is 6. The normalized spacial score (nSPS) is 12.1. The number of hydrogen-bond acceptors (Lipinski definition) is 9. The van der Waals surface area contributed by atoms with Gasteiger partial charge in [0.2, 0.25) is 0 Å². The average molecular weight is 541 g/mol. The molecule has 0 aliphatic rings. The van der Waals surface area contributed by atoms with Crippen LogP contribution < -0.4 is 0 Å². The maximum absolute atomic E-state index is 11.1. The number of aliphatic carboxylic acids is 6. The molecule has 0 amide bonds. The van der Waals surface area contributed by atoms with Crippen LogP contribution in [-0.2, 0) is 28.8 Å². The van der Waals surface area contributed by atoms with Gasteiger partial charge in [-0.05, 0) is 0 Å². The van der Waals surface area contributed by atoms with E-state index in [1.165, 1.54) is 0 Å². The molecule has 26 heavy (non-hydrogen) atoms. The van der Waals surface area contributed by atoms with Crippen LogP contribution >= 0.6 is 26.5 Å². The topological polar surface area (TPSA) is 224 Å². The third-order valence-corrected chi connectivity index (χ3v) is 25.1. The van der Waals surface area contributed by atoms with Crippen LogP contribution in [0.5, 0.6) is 0 Å². The first-order valence-electron chi connectivity index (χ1n) is 6.03. The number of carboxylic acids is 6. The second-order valence-corrected chi connectivity index (χ2v) is 24.9. The molecule has 0 saturated carbocycles. The van der Waals surface area contributed by atoms with E-state index < -0.39 is 74.0 Å². The Balaban J connectivity index is 5.62. The Bertz CT molecular complexity index is 548. The molecule has 1 atom stereocenters. The predicted octanol–water partition coefficient (Wildman–Crippen LogP) is -0.826. The Morgan fingerprint density at radius 1 is 0.615 bits per heavy atom. The fourth-order valence-electron chi connectivity index (χ4n) is 1.07. The number of hydrogen-bond donors (Lipinski definition) is 6. The van der Waals surface area contributed by atoms with Gasteiger partial charge < -0.3 is 0 Å². The Hall–Kier alpha value is -1.31. The number of carbonyl (C=O) groups is 6.